The van der Waals surface area contributed by atoms with E-state index >= 15 is 0 Å². The van der Waals surface area contributed by atoms with Crippen LogP contribution in [0.3, 0.4) is 0 Å². The quantitative estimate of drug-likeness (QED) is 0.701. The van der Waals surface area contributed by atoms with Crippen molar-refractivity contribution in [1.82, 2.24) is 0 Å². The molecular formula is C10H20O2. The summed E-state index contributed by atoms with van der Waals surface area (Å²) in [5.74, 6) is 0.707. The highest BCUT2D eigenvalue weighted by Crippen LogP contribution is 2.35. The van der Waals surface area contributed by atoms with Crippen molar-refractivity contribution in [2.75, 3.05) is 19.8 Å². The minimum absolute atomic E-state index is 0.0927. The molecule has 1 N–H and O–H groups in total. The van der Waals surface area contributed by atoms with E-state index in [1.54, 1.807) is 0 Å². The van der Waals surface area contributed by atoms with E-state index in [9.17, 15) is 5.11 Å². The summed E-state index contributed by atoms with van der Waals surface area (Å²) in [4.78, 5) is 0. The Bertz CT molecular complexity index is 128. The van der Waals surface area contributed by atoms with Crippen LogP contribution in [0.5, 0.6) is 0 Å². The maximum atomic E-state index is 9.28. The lowest BCUT2D eigenvalue weighted by molar-refractivity contribution is 0.0737. The lowest BCUT2D eigenvalue weighted by atomic mass is 9.79. The Balaban J connectivity index is 2.43. The van der Waals surface area contributed by atoms with Crippen LogP contribution in [0.15, 0.2) is 0 Å². The molecule has 72 valence electrons. The van der Waals surface area contributed by atoms with Gasteiger partial charge >= 0.3 is 0 Å². The highest BCUT2D eigenvalue weighted by atomic mass is 16.5. The highest BCUT2D eigenvalue weighted by molar-refractivity contribution is 4.83. The van der Waals surface area contributed by atoms with Crippen LogP contribution in [0.4, 0.5) is 0 Å². The van der Waals surface area contributed by atoms with Gasteiger partial charge in [-0.1, -0.05) is 20.3 Å². The molecule has 2 nitrogen and oxygen atoms in total. The minimum Gasteiger partial charge on any atom is -0.396 e. The van der Waals surface area contributed by atoms with E-state index in [1.165, 1.54) is 6.42 Å². The summed E-state index contributed by atoms with van der Waals surface area (Å²) in [7, 11) is 0. The molecule has 2 unspecified atom stereocenters. The van der Waals surface area contributed by atoms with Gasteiger partial charge in [0.25, 0.3) is 0 Å². The second-order valence-electron chi connectivity index (χ2n) is 4.18. The molecule has 0 bridgehead atoms. The van der Waals surface area contributed by atoms with E-state index in [-0.39, 0.29) is 12.0 Å². The number of hydrogen-bond acceptors (Lipinski definition) is 2. The fraction of sp³-hybridized carbons (Fsp3) is 1.00. The summed E-state index contributed by atoms with van der Waals surface area (Å²) in [6.45, 7) is 6.32. The molecule has 2 atom stereocenters. The van der Waals surface area contributed by atoms with E-state index in [4.69, 9.17) is 4.74 Å². The fourth-order valence-electron chi connectivity index (χ4n) is 1.88. The largest absolute Gasteiger partial charge is 0.396 e. The van der Waals surface area contributed by atoms with Crippen molar-refractivity contribution >= 4 is 0 Å². The summed E-state index contributed by atoms with van der Waals surface area (Å²) in [6, 6.07) is 0. The predicted molar refractivity (Wildman–Crippen MR) is 49.0 cm³/mol. The van der Waals surface area contributed by atoms with E-state index < -0.39 is 0 Å². The Hall–Kier alpha value is -0.0800. The van der Waals surface area contributed by atoms with Crippen molar-refractivity contribution in [3.8, 4) is 0 Å². The summed E-state index contributed by atoms with van der Waals surface area (Å²) < 4.78 is 5.34. The smallest absolute Gasteiger partial charge is 0.0545 e. The second kappa shape index (κ2) is 4.24. The third-order valence-corrected chi connectivity index (χ3v) is 3.00. The molecule has 0 aliphatic carbocycles. The molecule has 2 heteroatoms. The van der Waals surface area contributed by atoms with Gasteiger partial charge in [-0.15, -0.1) is 0 Å². The van der Waals surface area contributed by atoms with E-state index in [1.807, 2.05) is 0 Å². The molecular weight excluding hydrogens is 152 g/mol. The molecule has 1 aliphatic heterocycles. The zero-order valence-electron chi connectivity index (χ0n) is 8.18. The summed E-state index contributed by atoms with van der Waals surface area (Å²) in [5, 5.41) is 9.28. The van der Waals surface area contributed by atoms with Crippen molar-refractivity contribution in [1.29, 1.82) is 0 Å². The third kappa shape index (κ3) is 2.20. The van der Waals surface area contributed by atoms with Gasteiger partial charge in [0, 0.05) is 12.0 Å². The summed E-state index contributed by atoms with van der Waals surface area (Å²) in [5.41, 5.74) is 0.0927. The van der Waals surface area contributed by atoms with Gasteiger partial charge < -0.3 is 9.84 Å². The Morgan fingerprint density at radius 2 is 2.33 bits per heavy atom. The molecule has 1 saturated heterocycles. The van der Waals surface area contributed by atoms with E-state index in [0.29, 0.717) is 5.92 Å². The average molecular weight is 172 g/mol. The van der Waals surface area contributed by atoms with Crippen molar-refractivity contribution in [3.05, 3.63) is 0 Å². The van der Waals surface area contributed by atoms with Gasteiger partial charge in [-0.25, -0.2) is 0 Å². The lowest BCUT2D eigenvalue weighted by Gasteiger charge is -2.27. The van der Waals surface area contributed by atoms with Crippen LogP contribution < -0.4 is 0 Å². The minimum atomic E-state index is 0.0927. The highest BCUT2D eigenvalue weighted by Gasteiger charge is 2.35. The van der Waals surface area contributed by atoms with Crippen LogP contribution in [0, 0.1) is 11.3 Å². The normalized spacial score (nSPS) is 32.2. The molecule has 12 heavy (non-hydrogen) atoms. The fourth-order valence-corrected chi connectivity index (χ4v) is 1.88. The topological polar surface area (TPSA) is 29.5 Å². The van der Waals surface area contributed by atoms with Crippen LogP contribution >= 0.6 is 0 Å². The Morgan fingerprint density at radius 1 is 1.58 bits per heavy atom. The van der Waals surface area contributed by atoms with Crippen LogP contribution in [-0.2, 0) is 4.74 Å². The summed E-state index contributed by atoms with van der Waals surface area (Å²) in [6.07, 6.45) is 3.34. The van der Waals surface area contributed by atoms with Gasteiger partial charge in [-0.3, -0.25) is 0 Å². The molecule has 1 aliphatic rings. The van der Waals surface area contributed by atoms with Gasteiger partial charge in [0.1, 0.15) is 0 Å². The molecule has 1 fully saturated rings. The van der Waals surface area contributed by atoms with Crippen LogP contribution in [0.2, 0.25) is 0 Å². The number of hydrogen-bond donors (Lipinski definition) is 1. The molecule has 0 aromatic rings. The van der Waals surface area contributed by atoms with E-state index in [2.05, 4.69) is 13.8 Å². The molecule has 0 radical (unpaired) electrons. The Kier molecular flexibility index (Phi) is 3.53. The first-order valence-electron chi connectivity index (χ1n) is 4.91. The standard InChI is InChI=1S/C10H20O2/c1-3-9(2)6-10(7-11)4-5-12-8-10/h9,11H,3-8H2,1-2H3. The molecule has 0 amide bonds. The van der Waals surface area contributed by atoms with Crippen LogP contribution in [0.25, 0.3) is 0 Å². The first kappa shape index (κ1) is 10.0. The van der Waals surface area contributed by atoms with Crippen molar-refractivity contribution < 1.29 is 9.84 Å². The first-order valence-corrected chi connectivity index (χ1v) is 4.91. The van der Waals surface area contributed by atoms with Crippen molar-refractivity contribution in [2.24, 2.45) is 11.3 Å². The van der Waals surface area contributed by atoms with Crippen molar-refractivity contribution in [3.63, 3.8) is 0 Å². The number of ether oxygens (including phenoxy) is 1. The predicted octanol–water partition coefficient (Wildman–Crippen LogP) is 1.82. The van der Waals surface area contributed by atoms with Crippen molar-refractivity contribution in [2.45, 2.75) is 33.1 Å². The summed E-state index contributed by atoms with van der Waals surface area (Å²) >= 11 is 0. The monoisotopic (exact) mass is 172 g/mol. The van der Waals surface area contributed by atoms with E-state index in [0.717, 1.165) is 26.1 Å². The number of rotatable bonds is 4. The zero-order valence-corrected chi connectivity index (χ0v) is 8.18. The number of aliphatic hydroxyl groups is 1. The van der Waals surface area contributed by atoms with Crippen LogP contribution in [0.1, 0.15) is 33.1 Å². The SMILES string of the molecule is CCC(C)CC1(CO)CCOC1. The molecule has 0 spiro atoms. The molecule has 0 aromatic heterocycles. The maximum Gasteiger partial charge on any atom is 0.0545 e. The number of aliphatic hydroxyl groups excluding tert-OH is 1. The zero-order chi connectivity index (χ0) is 9.03. The van der Waals surface area contributed by atoms with Gasteiger partial charge in [0.05, 0.1) is 13.2 Å². The van der Waals surface area contributed by atoms with Crippen LogP contribution in [-0.4, -0.2) is 24.9 Å². The Labute approximate surface area is 74.9 Å². The molecule has 0 aromatic carbocycles. The maximum absolute atomic E-state index is 9.28. The van der Waals surface area contributed by atoms with Gasteiger partial charge in [-0.05, 0) is 18.8 Å². The van der Waals surface area contributed by atoms with Gasteiger partial charge in [0.15, 0.2) is 0 Å². The average Bonchev–Trinajstić information content (AvgIpc) is 2.54. The van der Waals surface area contributed by atoms with Gasteiger partial charge in [0.2, 0.25) is 0 Å². The lowest BCUT2D eigenvalue weighted by Crippen LogP contribution is -2.28. The molecule has 1 rings (SSSR count). The molecule has 0 saturated carbocycles. The Morgan fingerprint density at radius 3 is 2.75 bits per heavy atom. The molecule has 1 heterocycles. The second-order valence-corrected chi connectivity index (χ2v) is 4.18. The first-order chi connectivity index (χ1) is 5.72. The van der Waals surface area contributed by atoms with Gasteiger partial charge in [-0.2, -0.15) is 0 Å². The third-order valence-electron chi connectivity index (χ3n) is 3.00.